The van der Waals surface area contributed by atoms with Gasteiger partial charge >= 0.3 is 6.36 Å². The van der Waals surface area contributed by atoms with Gasteiger partial charge in [-0.2, -0.15) is 0 Å². The highest BCUT2D eigenvalue weighted by molar-refractivity contribution is 6.30. The molecule has 1 amide bonds. The van der Waals surface area contributed by atoms with Crippen molar-refractivity contribution in [3.05, 3.63) is 95.7 Å². The number of carbonyl (C=O) groups is 1. The molecule has 0 atom stereocenters. The van der Waals surface area contributed by atoms with Gasteiger partial charge in [-0.1, -0.05) is 23.7 Å². The minimum atomic E-state index is -4.73. The molecule has 0 unspecified atom stereocenters. The molecule has 0 radical (unpaired) electrons. The number of benzene rings is 2. The Hall–Kier alpha value is -3.02. The molecule has 2 aromatic heterocycles. The summed E-state index contributed by atoms with van der Waals surface area (Å²) in [5, 5.41) is 0.595. The fourth-order valence-corrected chi connectivity index (χ4v) is 4.52. The topological polar surface area (TPSA) is 63.5 Å². The number of alkyl halides is 3. The average Bonchev–Trinajstić information content (AvgIpc) is 3.30. The Labute approximate surface area is 258 Å². The Bertz CT molecular complexity index is 1420. The molecule has 0 N–H and O–H groups in total. The molecule has 0 saturated carbocycles. The van der Waals surface area contributed by atoms with Crippen molar-refractivity contribution in [3.63, 3.8) is 0 Å². The van der Waals surface area contributed by atoms with Crippen LogP contribution in [0.2, 0.25) is 5.02 Å². The van der Waals surface area contributed by atoms with Gasteiger partial charge in [-0.3, -0.25) is 14.7 Å². The van der Waals surface area contributed by atoms with Crippen LogP contribution in [0.25, 0.3) is 11.3 Å². The second kappa shape index (κ2) is 14.7. The molecule has 1 saturated heterocycles. The molecule has 3 heterocycles. The number of hydrogen-bond donors (Lipinski definition) is 0. The Balaban J connectivity index is 0.00000196. The Kier molecular flexibility index (Phi) is 12.3. The summed E-state index contributed by atoms with van der Waals surface area (Å²) in [5.74, 6) is -0.263. The van der Waals surface area contributed by atoms with Crippen LogP contribution >= 0.6 is 48.8 Å². The van der Waals surface area contributed by atoms with Crippen molar-refractivity contribution in [2.45, 2.75) is 19.5 Å². The normalized spacial score (nSPS) is 13.6. The molecule has 14 heteroatoms. The van der Waals surface area contributed by atoms with Crippen LogP contribution < -0.4 is 9.64 Å². The van der Waals surface area contributed by atoms with Crippen LogP contribution in [0, 0.1) is 0 Å². The fraction of sp³-hybridized carbons (Fsp3) is 0.222. The first kappa shape index (κ1) is 34.2. The van der Waals surface area contributed by atoms with Crippen molar-refractivity contribution < 1.29 is 22.7 Å². The van der Waals surface area contributed by atoms with Gasteiger partial charge in [0.2, 0.25) is 5.91 Å². The largest absolute Gasteiger partial charge is 0.573 e. The molecular weight excluding hydrogens is 625 g/mol. The van der Waals surface area contributed by atoms with E-state index in [1.54, 1.807) is 35.8 Å². The van der Waals surface area contributed by atoms with Gasteiger partial charge in [-0.15, -0.1) is 50.4 Å². The Morgan fingerprint density at radius 1 is 0.927 bits per heavy atom. The number of aromatic nitrogens is 3. The lowest BCUT2D eigenvalue weighted by Crippen LogP contribution is -2.50. The maximum Gasteiger partial charge on any atom is 0.573 e. The minimum Gasteiger partial charge on any atom is -0.406 e. The zero-order valence-corrected chi connectivity index (χ0v) is 24.5. The lowest BCUT2D eigenvalue weighted by atomic mass is 10.1. The van der Waals surface area contributed by atoms with Gasteiger partial charge in [0, 0.05) is 48.3 Å². The molecule has 220 valence electrons. The number of anilines is 1. The van der Waals surface area contributed by atoms with Crippen LogP contribution in [0.15, 0.2) is 79.4 Å². The number of halogens is 7. The Morgan fingerprint density at radius 2 is 1.68 bits per heavy atom. The summed E-state index contributed by atoms with van der Waals surface area (Å²) in [7, 11) is 0. The average molecular weight is 651 g/mol. The molecule has 4 aromatic rings. The van der Waals surface area contributed by atoms with Crippen LogP contribution in [-0.4, -0.2) is 51.3 Å². The number of imidazole rings is 1. The summed E-state index contributed by atoms with van der Waals surface area (Å²) in [6.07, 6.45) is 0.536. The third kappa shape index (κ3) is 8.98. The van der Waals surface area contributed by atoms with Crippen molar-refractivity contribution >= 4 is 60.4 Å². The number of rotatable bonds is 7. The SMILES string of the molecule is Cl.Cl.Cl.O=C1CN(Cc2cncn2Cc2ccc(-c3ccc(OC(F)(F)F)cc3)nc2)CCN1c1cccc(Cl)c1. The third-order valence-corrected chi connectivity index (χ3v) is 6.40. The first-order valence-electron chi connectivity index (χ1n) is 11.8. The van der Waals surface area contributed by atoms with Crippen LogP contribution in [0.1, 0.15) is 11.3 Å². The van der Waals surface area contributed by atoms with E-state index in [2.05, 4.69) is 19.6 Å². The molecule has 7 nitrogen and oxygen atoms in total. The monoisotopic (exact) mass is 649 g/mol. The van der Waals surface area contributed by atoms with Crippen molar-refractivity contribution in [2.75, 3.05) is 24.5 Å². The van der Waals surface area contributed by atoms with Crippen molar-refractivity contribution in [1.29, 1.82) is 0 Å². The molecule has 5 rings (SSSR count). The number of nitrogens with zero attached hydrogens (tertiary/aromatic N) is 5. The number of ether oxygens (including phenoxy) is 1. The van der Waals surface area contributed by atoms with Crippen LogP contribution in [0.3, 0.4) is 0 Å². The summed E-state index contributed by atoms with van der Waals surface area (Å²) in [6.45, 7) is 2.69. The lowest BCUT2D eigenvalue weighted by molar-refractivity contribution is -0.274. The van der Waals surface area contributed by atoms with E-state index in [-0.39, 0.29) is 48.9 Å². The van der Waals surface area contributed by atoms with Crippen molar-refractivity contribution in [3.8, 4) is 17.0 Å². The Morgan fingerprint density at radius 3 is 2.32 bits per heavy atom. The molecule has 1 aliphatic rings. The first-order chi connectivity index (χ1) is 18.2. The van der Waals surface area contributed by atoms with E-state index in [0.29, 0.717) is 49.0 Å². The summed E-state index contributed by atoms with van der Waals surface area (Å²) in [5.41, 5.74) is 4.02. The summed E-state index contributed by atoms with van der Waals surface area (Å²) >= 11 is 6.08. The van der Waals surface area contributed by atoms with E-state index in [9.17, 15) is 18.0 Å². The number of pyridine rings is 1. The van der Waals surface area contributed by atoms with Gasteiger partial charge in [0.15, 0.2) is 0 Å². The van der Waals surface area contributed by atoms with Crippen molar-refractivity contribution in [1.82, 2.24) is 19.4 Å². The number of carbonyl (C=O) groups excluding carboxylic acids is 1. The summed E-state index contributed by atoms with van der Waals surface area (Å²) in [6, 6.07) is 16.6. The maximum atomic E-state index is 12.8. The van der Waals surface area contributed by atoms with E-state index in [1.807, 2.05) is 28.8 Å². The number of piperazine rings is 1. The molecule has 0 bridgehead atoms. The molecule has 0 spiro atoms. The van der Waals surface area contributed by atoms with E-state index < -0.39 is 6.36 Å². The van der Waals surface area contributed by atoms with E-state index >= 15 is 0 Å². The predicted octanol–water partition coefficient (Wildman–Crippen LogP) is 6.66. The molecule has 1 aliphatic heterocycles. The molecule has 2 aromatic carbocycles. The molecule has 41 heavy (non-hydrogen) atoms. The predicted molar refractivity (Wildman–Crippen MR) is 159 cm³/mol. The molecule has 1 fully saturated rings. The van der Waals surface area contributed by atoms with E-state index in [4.69, 9.17) is 11.6 Å². The standard InChI is InChI=1S/C27H23ClF3N5O2.3ClH/c28-21-2-1-3-22(12-21)36-11-10-34(17-26(36)37)16-23-14-32-18-35(23)15-19-4-9-25(33-13-19)20-5-7-24(8-6-20)38-27(29,30)31;;;/h1-9,12-14,18H,10-11,15-17H2;3*1H. The zero-order chi connectivity index (χ0) is 26.7. The van der Waals surface area contributed by atoms with Crippen LogP contribution in [0.5, 0.6) is 5.75 Å². The maximum absolute atomic E-state index is 12.8. The van der Waals surface area contributed by atoms with Crippen LogP contribution in [0.4, 0.5) is 18.9 Å². The zero-order valence-electron chi connectivity index (χ0n) is 21.3. The van der Waals surface area contributed by atoms with Gasteiger partial charge in [-0.25, -0.2) is 4.98 Å². The minimum absolute atomic E-state index is 0. The van der Waals surface area contributed by atoms with Gasteiger partial charge in [0.05, 0.1) is 30.8 Å². The summed E-state index contributed by atoms with van der Waals surface area (Å²) in [4.78, 5) is 25.4. The molecule has 0 aliphatic carbocycles. The van der Waals surface area contributed by atoms with E-state index in [1.165, 1.54) is 24.3 Å². The van der Waals surface area contributed by atoms with Gasteiger partial charge in [-0.05, 0) is 54.1 Å². The number of amides is 1. The van der Waals surface area contributed by atoms with Gasteiger partial charge in [0.1, 0.15) is 5.75 Å². The highest BCUT2D eigenvalue weighted by atomic mass is 35.5. The lowest BCUT2D eigenvalue weighted by Gasteiger charge is -2.34. The highest BCUT2D eigenvalue weighted by Gasteiger charge is 2.31. The van der Waals surface area contributed by atoms with Crippen molar-refractivity contribution in [2.24, 2.45) is 0 Å². The third-order valence-electron chi connectivity index (χ3n) is 6.17. The summed E-state index contributed by atoms with van der Waals surface area (Å²) < 4.78 is 43.0. The second-order valence-electron chi connectivity index (χ2n) is 8.87. The highest BCUT2D eigenvalue weighted by Crippen LogP contribution is 2.26. The van der Waals surface area contributed by atoms with Gasteiger partial charge < -0.3 is 14.2 Å². The second-order valence-corrected chi connectivity index (χ2v) is 9.31. The first-order valence-corrected chi connectivity index (χ1v) is 12.2. The smallest absolute Gasteiger partial charge is 0.406 e. The van der Waals surface area contributed by atoms with E-state index in [0.717, 1.165) is 16.9 Å². The molecular formula is C27H26Cl4F3N5O2. The fourth-order valence-electron chi connectivity index (χ4n) is 4.34. The quantitative estimate of drug-likeness (QED) is 0.224. The number of hydrogen-bond acceptors (Lipinski definition) is 5. The van der Waals surface area contributed by atoms with Crippen LogP contribution in [-0.2, 0) is 17.9 Å². The van der Waals surface area contributed by atoms with Gasteiger partial charge in [0.25, 0.3) is 0 Å².